The van der Waals surface area contributed by atoms with Crippen LogP contribution in [0.1, 0.15) is 6.42 Å². The second kappa shape index (κ2) is 12.5. The fourth-order valence-corrected chi connectivity index (χ4v) is 3.46. The standard InChI is InChI=1S/C22H31N5O2.HI/c1-28-20-10-9-18(17-21(20)29-2)25-22(23)24-11-6-12-26-13-15-27(16-14-26)19-7-4-3-5-8-19;/h3-5,7-10,17H,6,11-16H2,1-2H3,(H3,23,24,25);1H. The minimum absolute atomic E-state index is 0. The van der Waals surface area contributed by atoms with Gasteiger partial charge in [0.25, 0.3) is 0 Å². The van der Waals surface area contributed by atoms with Crippen molar-refractivity contribution >= 4 is 41.3 Å². The molecule has 1 saturated heterocycles. The molecule has 0 atom stereocenters. The maximum atomic E-state index is 6.02. The molecule has 0 radical (unpaired) electrons. The van der Waals surface area contributed by atoms with Crippen molar-refractivity contribution in [2.75, 3.05) is 63.7 Å². The molecule has 3 N–H and O–H groups in total. The summed E-state index contributed by atoms with van der Waals surface area (Å²) in [6.07, 6.45) is 0.986. The number of nitrogens with one attached hydrogen (secondary N) is 1. The predicted octanol–water partition coefficient (Wildman–Crippen LogP) is 3.26. The number of hydrogen-bond acceptors (Lipinski definition) is 5. The molecule has 1 heterocycles. The molecule has 0 amide bonds. The third-order valence-corrected chi connectivity index (χ3v) is 5.06. The average molecular weight is 525 g/mol. The predicted molar refractivity (Wildman–Crippen MR) is 135 cm³/mol. The second-order valence-corrected chi connectivity index (χ2v) is 6.98. The van der Waals surface area contributed by atoms with Crippen molar-refractivity contribution in [2.24, 2.45) is 10.7 Å². The number of guanidine groups is 1. The molecule has 30 heavy (non-hydrogen) atoms. The van der Waals surface area contributed by atoms with E-state index < -0.39 is 0 Å². The molecule has 1 aliphatic rings. The van der Waals surface area contributed by atoms with Crippen LogP contribution in [0.25, 0.3) is 0 Å². The Morgan fingerprint density at radius 2 is 1.70 bits per heavy atom. The van der Waals surface area contributed by atoms with Gasteiger partial charge in [-0.1, -0.05) is 18.2 Å². The van der Waals surface area contributed by atoms with Crippen LogP contribution in [0, 0.1) is 0 Å². The third-order valence-electron chi connectivity index (χ3n) is 5.06. The highest BCUT2D eigenvalue weighted by molar-refractivity contribution is 14.0. The first kappa shape index (κ1) is 24.1. The van der Waals surface area contributed by atoms with E-state index in [0.29, 0.717) is 24.0 Å². The quantitative estimate of drug-likeness (QED) is 0.239. The Morgan fingerprint density at radius 1 is 1.00 bits per heavy atom. The van der Waals surface area contributed by atoms with E-state index in [4.69, 9.17) is 15.2 Å². The SMILES string of the molecule is COc1ccc(NC(N)=NCCCN2CCN(c3ccccc3)CC2)cc1OC.I. The summed E-state index contributed by atoms with van der Waals surface area (Å²) in [6.45, 7) is 6.03. The van der Waals surface area contributed by atoms with E-state index in [2.05, 4.69) is 50.4 Å². The molecule has 7 nitrogen and oxygen atoms in total. The first-order chi connectivity index (χ1) is 14.2. The number of aliphatic imine (C=N–C) groups is 1. The highest BCUT2D eigenvalue weighted by Crippen LogP contribution is 2.29. The summed E-state index contributed by atoms with van der Waals surface area (Å²) in [4.78, 5) is 9.38. The zero-order valence-corrected chi connectivity index (χ0v) is 20.0. The molecule has 0 aromatic heterocycles. The van der Waals surface area contributed by atoms with Gasteiger partial charge in [0.15, 0.2) is 17.5 Å². The number of methoxy groups -OCH3 is 2. The highest BCUT2D eigenvalue weighted by Gasteiger charge is 2.16. The Balaban J connectivity index is 0.00000320. The number of halogens is 1. The number of rotatable bonds is 8. The van der Waals surface area contributed by atoms with Crippen LogP contribution in [0.4, 0.5) is 11.4 Å². The topological polar surface area (TPSA) is 75.4 Å². The van der Waals surface area contributed by atoms with Crippen LogP contribution >= 0.6 is 24.0 Å². The summed E-state index contributed by atoms with van der Waals surface area (Å²) in [6, 6.07) is 16.2. The largest absolute Gasteiger partial charge is 0.493 e. The summed E-state index contributed by atoms with van der Waals surface area (Å²) < 4.78 is 10.5. The van der Waals surface area contributed by atoms with E-state index in [9.17, 15) is 0 Å². The fourth-order valence-electron chi connectivity index (χ4n) is 3.46. The van der Waals surface area contributed by atoms with Gasteiger partial charge in [0.05, 0.1) is 14.2 Å². The first-order valence-corrected chi connectivity index (χ1v) is 10.0. The lowest BCUT2D eigenvalue weighted by atomic mass is 10.2. The van der Waals surface area contributed by atoms with Gasteiger partial charge in [0, 0.05) is 56.7 Å². The maximum absolute atomic E-state index is 6.02. The van der Waals surface area contributed by atoms with Crippen LogP contribution in [0.3, 0.4) is 0 Å². The van der Waals surface area contributed by atoms with Gasteiger partial charge in [-0.05, 0) is 30.7 Å². The molecule has 164 valence electrons. The molecule has 8 heteroatoms. The zero-order chi connectivity index (χ0) is 20.5. The van der Waals surface area contributed by atoms with Gasteiger partial charge in [0.1, 0.15) is 0 Å². The lowest BCUT2D eigenvalue weighted by Gasteiger charge is -2.36. The van der Waals surface area contributed by atoms with Crippen LogP contribution in [0.2, 0.25) is 0 Å². The van der Waals surface area contributed by atoms with Crippen molar-refractivity contribution < 1.29 is 9.47 Å². The lowest BCUT2D eigenvalue weighted by molar-refractivity contribution is 0.256. The Hall–Kier alpha value is -2.20. The minimum atomic E-state index is 0. The van der Waals surface area contributed by atoms with Gasteiger partial charge in [-0.2, -0.15) is 0 Å². The number of ether oxygens (including phenoxy) is 2. The molecule has 3 rings (SSSR count). The van der Waals surface area contributed by atoms with E-state index >= 15 is 0 Å². The minimum Gasteiger partial charge on any atom is -0.493 e. The Morgan fingerprint density at radius 3 is 2.37 bits per heavy atom. The Labute approximate surface area is 196 Å². The molecule has 0 bridgehead atoms. The maximum Gasteiger partial charge on any atom is 0.193 e. The summed E-state index contributed by atoms with van der Waals surface area (Å²) in [5.74, 6) is 1.74. The van der Waals surface area contributed by atoms with E-state index in [1.54, 1.807) is 14.2 Å². The summed E-state index contributed by atoms with van der Waals surface area (Å²) in [7, 11) is 3.22. The number of piperazine rings is 1. The zero-order valence-electron chi connectivity index (χ0n) is 17.7. The van der Waals surface area contributed by atoms with Gasteiger partial charge in [-0.3, -0.25) is 9.89 Å². The fraction of sp³-hybridized carbons (Fsp3) is 0.409. The number of nitrogens with zero attached hydrogens (tertiary/aromatic N) is 3. The monoisotopic (exact) mass is 525 g/mol. The molecular weight excluding hydrogens is 493 g/mol. The van der Waals surface area contributed by atoms with Crippen LogP contribution in [-0.2, 0) is 0 Å². The van der Waals surface area contributed by atoms with Crippen molar-refractivity contribution in [1.82, 2.24) is 4.90 Å². The van der Waals surface area contributed by atoms with Crippen LogP contribution in [0.15, 0.2) is 53.5 Å². The van der Waals surface area contributed by atoms with E-state index in [-0.39, 0.29) is 24.0 Å². The summed E-state index contributed by atoms with van der Waals surface area (Å²) in [5.41, 5.74) is 8.15. The number of anilines is 2. The van der Waals surface area contributed by atoms with Gasteiger partial charge < -0.3 is 25.4 Å². The smallest absolute Gasteiger partial charge is 0.193 e. The van der Waals surface area contributed by atoms with Crippen molar-refractivity contribution in [2.45, 2.75) is 6.42 Å². The molecule has 1 aliphatic heterocycles. The van der Waals surface area contributed by atoms with Crippen molar-refractivity contribution in [1.29, 1.82) is 0 Å². The molecule has 0 saturated carbocycles. The summed E-state index contributed by atoms with van der Waals surface area (Å²) in [5, 5.41) is 3.10. The lowest BCUT2D eigenvalue weighted by Crippen LogP contribution is -2.46. The normalized spacial score (nSPS) is 14.7. The number of para-hydroxylation sites is 1. The molecule has 0 spiro atoms. The van der Waals surface area contributed by atoms with Gasteiger partial charge in [0.2, 0.25) is 0 Å². The first-order valence-electron chi connectivity index (χ1n) is 10.0. The number of benzene rings is 2. The van der Waals surface area contributed by atoms with Crippen LogP contribution in [0.5, 0.6) is 11.5 Å². The Bertz CT molecular complexity index is 795. The Kier molecular flexibility index (Phi) is 10.0. The molecule has 0 aliphatic carbocycles. The number of nitrogens with two attached hydrogens (primary N) is 1. The second-order valence-electron chi connectivity index (χ2n) is 6.98. The molecule has 1 fully saturated rings. The molecule has 2 aromatic carbocycles. The van der Waals surface area contributed by atoms with Crippen LogP contribution in [-0.4, -0.2) is 64.3 Å². The molecule has 2 aromatic rings. The number of hydrogen-bond donors (Lipinski definition) is 2. The van der Waals surface area contributed by atoms with E-state index in [1.807, 2.05) is 18.2 Å². The summed E-state index contributed by atoms with van der Waals surface area (Å²) >= 11 is 0. The molecule has 0 unspecified atom stereocenters. The van der Waals surface area contributed by atoms with Crippen molar-refractivity contribution in [3.8, 4) is 11.5 Å². The van der Waals surface area contributed by atoms with E-state index in [0.717, 1.165) is 44.8 Å². The third kappa shape index (κ3) is 6.94. The average Bonchev–Trinajstić information content (AvgIpc) is 2.77. The van der Waals surface area contributed by atoms with Gasteiger partial charge in [-0.25, -0.2) is 0 Å². The van der Waals surface area contributed by atoms with Crippen molar-refractivity contribution in [3.63, 3.8) is 0 Å². The molecular formula is C22H32IN5O2. The van der Waals surface area contributed by atoms with Gasteiger partial charge >= 0.3 is 0 Å². The highest BCUT2D eigenvalue weighted by atomic mass is 127. The van der Waals surface area contributed by atoms with Crippen LogP contribution < -0.4 is 25.4 Å². The van der Waals surface area contributed by atoms with Gasteiger partial charge in [-0.15, -0.1) is 24.0 Å². The van der Waals surface area contributed by atoms with E-state index in [1.165, 1.54) is 5.69 Å². The van der Waals surface area contributed by atoms with Crippen molar-refractivity contribution in [3.05, 3.63) is 48.5 Å².